The van der Waals surface area contributed by atoms with Crippen molar-refractivity contribution in [2.45, 2.75) is 65.1 Å². The molecule has 2 bridgehead atoms. The third kappa shape index (κ3) is 1.48. The van der Waals surface area contributed by atoms with E-state index in [9.17, 15) is 4.79 Å². The molecule has 3 fully saturated rings. The van der Waals surface area contributed by atoms with Crippen LogP contribution in [0.5, 0.6) is 0 Å². The molecule has 0 aromatic carbocycles. The van der Waals surface area contributed by atoms with Gasteiger partial charge in [-0.3, -0.25) is 4.79 Å². The lowest BCUT2D eigenvalue weighted by Gasteiger charge is -2.68. The average molecular weight is 239 g/mol. The number of rotatable bonds is 2. The minimum absolute atomic E-state index is 0.0955. The van der Waals surface area contributed by atoms with Gasteiger partial charge >= 0.3 is 0 Å². The summed E-state index contributed by atoms with van der Waals surface area (Å²) in [5.41, 5.74) is -0.00857. The van der Waals surface area contributed by atoms with E-state index in [4.69, 9.17) is 4.74 Å². The monoisotopic (exact) mass is 239 g/mol. The molecule has 1 amide bonds. The van der Waals surface area contributed by atoms with Crippen LogP contribution in [-0.4, -0.2) is 35.6 Å². The van der Waals surface area contributed by atoms with Gasteiger partial charge in [-0.05, 0) is 33.1 Å². The van der Waals surface area contributed by atoms with Crippen LogP contribution in [-0.2, 0) is 9.53 Å². The first kappa shape index (κ1) is 12.9. The van der Waals surface area contributed by atoms with Crippen LogP contribution in [0.25, 0.3) is 0 Å². The molecule has 0 aromatic heterocycles. The third-order valence-corrected chi connectivity index (χ3v) is 4.98. The van der Waals surface area contributed by atoms with E-state index in [0.717, 1.165) is 6.42 Å². The SMILES string of the molecule is CCC12CC(=O)N(C(C)(C)C)C(C1C)C2OC. The van der Waals surface area contributed by atoms with E-state index in [1.807, 2.05) is 0 Å². The Bertz CT molecular complexity index is 334. The van der Waals surface area contributed by atoms with Crippen molar-refractivity contribution in [3.8, 4) is 0 Å². The molecule has 17 heavy (non-hydrogen) atoms. The minimum Gasteiger partial charge on any atom is -0.379 e. The first-order chi connectivity index (χ1) is 7.79. The molecule has 0 radical (unpaired) electrons. The van der Waals surface area contributed by atoms with Crippen LogP contribution < -0.4 is 0 Å². The summed E-state index contributed by atoms with van der Waals surface area (Å²) >= 11 is 0. The van der Waals surface area contributed by atoms with E-state index in [2.05, 4.69) is 39.5 Å². The molecule has 2 saturated heterocycles. The number of methoxy groups -OCH3 is 1. The highest BCUT2D eigenvalue weighted by Crippen LogP contribution is 2.59. The molecule has 2 heterocycles. The maximum absolute atomic E-state index is 12.3. The van der Waals surface area contributed by atoms with Gasteiger partial charge in [0.2, 0.25) is 5.91 Å². The van der Waals surface area contributed by atoms with Gasteiger partial charge in [0.05, 0.1) is 12.1 Å². The van der Waals surface area contributed by atoms with Crippen molar-refractivity contribution >= 4 is 5.91 Å². The lowest BCUT2D eigenvalue weighted by molar-refractivity contribution is -0.245. The number of piperidine rings is 2. The van der Waals surface area contributed by atoms with Crippen molar-refractivity contribution in [2.75, 3.05) is 7.11 Å². The minimum atomic E-state index is -0.104. The zero-order valence-corrected chi connectivity index (χ0v) is 11.9. The van der Waals surface area contributed by atoms with Crippen LogP contribution in [0.15, 0.2) is 0 Å². The van der Waals surface area contributed by atoms with Gasteiger partial charge in [0.1, 0.15) is 0 Å². The van der Waals surface area contributed by atoms with E-state index < -0.39 is 0 Å². The van der Waals surface area contributed by atoms with Crippen LogP contribution in [0.1, 0.15) is 47.5 Å². The Hall–Kier alpha value is -0.570. The highest BCUT2D eigenvalue weighted by atomic mass is 16.5. The largest absolute Gasteiger partial charge is 0.379 e. The fourth-order valence-electron chi connectivity index (χ4n) is 4.08. The maximum atomic E-state index is 12.3. The molecule has 3 aliphatic rings. The van der Waals surface area contributed by atoms with Gasteiger partial charge in [-0.15, -0.1) is 0 Å². The van der Waals surface area contributed by atoms with Gasteiger partial charge in [0.15, 0.2) is 0 Å². The predicted molar refractivity (Wildman–Crippen MR) is 67.7 cm³/mol. The molecule has 0 spiro atoms. The molecular weight excluding hydrogens is 214 g/mol. The van der Waals surface area contributed by atoms with Crippen molar-refractivity contribution in [2.24, 2.45) is 11.3 Å². The van der Waals surface area contributed by atoms with E-state index in [0.29, 0.717) is 18.2 Å². The average Bonchev–Trinajstić information content (AvgIpc) is 2.24. The quantitative estimate of drug-likeness (QED) is 0.741. The second kappa shape index (κ2) is 3.71. The van der Waals surface area contributed by atoms with Crippen LogP contribution in [0.2, 0.25) is 0 Å². The van der Waals surface area contributed by atoms with Crippen molar-refractivity contribution < 1.29 is 9.53 Å². The molecule has 1 saturated carbocycles. The molecule has 3 heteroatoms. The normalized spacial score (nSPS) is 41.4. The summed E-state index contributed by atoms with van der Waals surface area (Å²) in [6, 6.07) is 0.265. The summed E-state index contributed by atoms with van der Waals surface area (Å²) < 4.78 is 5.70. The zero-order valence-electron chi connectivity index (χ0n) is 11.9. The Morgan fingerprint density at radius 1 is 1.47 bits per heavy atom. The Morgan fingerprint density at radius 3 is 2.47 bits per heavy atom. The highest BCUT2D eigenvalue weighted by molar-refractivity contribution is 5.81. The standard InChI is InChI=1S/C14H25NO2/c1-7-14-8-10(16)15(13(3,4)5)11(9(14)2)12(14)17-6/h9,11-12H,7-8H2,1-6H3. The lowest BCUT2D eigenvalue weighted by atomic mass is 9.49. The summed E-state index contributed by atoms with van der Waals surface area (Å²) in [6.07, 6.45) is 1.91. The van der Waals surface area contributed by atoms with Gasteiger partial charge < -0.3 is 9.64 Å². The van der Waals surface area contributed by atoms with E-state index in [1.54, 1.807) is 7.11 Å². The number of ether oxygens (including phenoxy) is 1. The Labute approximate surface area is 105 Å². The zero-order chi connectivity index (χ0) is 13.0. The highest BCUT2D eigenvalue weighted by Gasteiger charge is 2.67. The number of carbonyl (C=O) groups excluding carboxylic acids is 1. The van der Waals surface area contributed by atoms with Crippen LogP contribution in [0.4, 0.5) is 0 Å². The second-order valence-corrected chi connectivity index (χ2v) is 6.63. The van der Waals surface area contributed by atoms with Crippen molar-refractivity contribution in [1.82, 2.24) is 4.90 Å². The van der Waals surface area contributed by atoms with Gasteiger partial charge in [-0.1, -0.05) is 13.8 Å². The number of amides is 1. The smallest absolute Gasteiger partial charge is 0.224 e. The molecule has 1 aliphatic carbocycles. The van der Waals surface area contributed by atoms with Crippen molar-refractivity contribution in [1.29, 1.82) is 0 Å². The Kier molecular flexibility index (Phi) is 2.81. The topological polar surface area (TPSA) is 29.5 Å². The number of hydrogen-bond acceptors (Lipinski definition) is 2. The fourth-order valence-corrected chi connectivity index (χ4v) is 4.08. The first-order valence-corrected chi connectivity index (χ1v) is 6.64. The molecule has 98 valence electrons. The third-order valence-electron chi connectivity index (χ3n) is 4.98. The molecule has 2 aliphatic heterocycles. The second-order valence-electron chi connectivity index (χ2n) is 6.63. The molecule has 4 unspecified atom stereocenters. The van der Waals surface area contributed by atoms with Crippen molar-refractivity contribution in [3.05, 3.63) is 0 Å². The fraction of sp³-hybridized carbons (Fsp3) is 0.929. The van der Waals surface area contributed by atoms with Gasteiger partial charge in [-0.25, -0.2) is 0 Å². The Balaban J connectivity index is 2.35. The van der Waals surface area contributed by atoms with Crippen LogP contribution in [0.3, 0.4) is 0 Å². The molecule has 3 rings (SSSR count). The van der Waals surface area contributed by atoms with Gasteiger partial charge in [0.25, 0.3) is 0 Å². The Morgan fingerprint density at radius 2 is 2.06 bits per heavy atom. The first-order valence-electron chi connectivity index (χ1n) is 6.64. The molecule has 3 nitrogen and oxygen atoms in total. The molecule has 0 aromatic rings. The summed E-state index contributed by atoms with van der Waals surface area (Å²) in [7, 11) is 1.78. The van der Waals surface area contributed by atoms with Crippen LogP contribution in [0, 0.1) is 11.3 Å². The van der Waals surface area contributed by atoms with E-state index in [1.165, 1.54) is 0 Å². The summed E-state index contributed by atoms with van der Waals surface area (Å²) in [4.78, 5) is 14.4. The number of hydrogen-bond donors (Lipinski definition) is 0. The van der Waals surface area contributed by atoms with Crippen LogP contribution >= 0.6 is 0 Å². The van der Waals surface area contributed by atoms with Gasteiger partial charge in [-0.2, -0.15) is 0 Å². The van der Waals surface area contributed by atoms with E-state index >= 15 is 0 Å². The summed E-state index contributed by atoms with van der Waals surface area (Å²) in [6.45, 7) is 10.8. The molecule has 4 atom stereocenters. The summed E-state index contributed by atoms with van der Waals surface area (Å²) in [5.74, 6) is 0.852. The van der Waals surface area contributed by atoms with Gasteiger partial charge in [0, 0.05) is 24.5 Å². The lowest BCUT2D eigenvalue weighted by Crippen LogP contribution is -2.78. The molecule has 0 N–H and O–H groups in total. The van der Waals surface area contributed by atoms with E-state index in [-0.39, 0.29) is 23.1 Å². The number of nitrogens with zero attached hydrogens (tertiary/aromatic N) is 1. The maximum Gasteiger partial charge on any atom is 0.224 e. The number of carbonyl (C=O) groups is 1. The molecular formula is C14H25NO2. The summed E-state index contributed by atoms with van der Waals surface area (Å²) in [5, 5.41) is 0. The number of fused-ring (bicyclic) bond motifs is 2. The predicted octanol–water partition coefficient (Wildman–Crippen LogP) is 2.45. The van der Waals surface area contributed by atoms with Crippen molar-refractivity contribution in [3.63, 3.8) is 0 Å².